The maximum absolute atomic E-state index is 13.3. The van der Waals surface area contributed by atoms with E-state index in [9.17, 15) is 13.9 Å². The highest BCUT2D eigenvalue weighted by Crippen LogP contribution is 2.20. The lowest BCUT2D eigenvalue weighted by Crippen LogP contribution is -2.37. The van der Waals surface area contributed by atoms with Crippen LogP contribution >= 0.6 is 0 Å². The molecule has 0 radical (unpaired) electrons. The molecule has 0 bridgehead atoms. The van der Waals surface area contributed by atoms with Crippen LogP contribution in [0.15, 0.2) is 18.2 Å². The normalized spacial score (nSPS) is 19.2. The molecule has 1 heterocycles. The quantitative estimate of drug-likeness (QED) is 0.869. The minimum absolute atomic E-state index is 0.0629. The molecular formula is C15H22F2N2O. The predicted octanol–water partition coefficient (Wildman–Crippen LogP) is 2.07. The van der Waals surface area contributed by atoms with Gasteiger partial charge in [0.05, 0.1) is 6.10 Å². The molecule has 5 heteroatoms. The zero-order chi connectivity index (χ0) is 14.5. The molecule has 1 aromatic carbocycles. The van der Waals surface area contributed by atoms with E-state index in [2.05, 4.69) is 10.2 Å². The van der Waals surface area contributed by atoms with Crippen LogP contribution in [0.1, 0.15) is 30.9 Å². The van der Waals surface area contributed by atoms with Gasteiger partial charge in [0.2, 0.25) is 0 Å². The van der Waals surface area contributed by atoms with Crippen LogP contribution < -0.4 is 5.32 Å². The van der Waals surface area contributed by atoms with Crippen molar-refractivity contribution >= 4 is 0 Å². The van der Waals surface area contributed by atoms with E-state index in [1.54, 1.807) is 7.05 Å². The highest BCUT2D eigenvalue weighted by Gasteiger charge is 2.18. The van der Waals surface area contributed by atoms with Crippen molar-refractivity contribution < 1.29 is 13.9 Å². The average Bonchev–Trinajstić information content (AvgIpc) is 2.40. The first-order valence-electron chi connectivity index (χ1n) is 7.12. The van der Waals surface area contributed by atoms with Gasteiger partial charge < -0.3 is 15.3 Å². The first kappa shape index (κ1) is 15.4. The van der Waals surface area contributed by atoms with Crippen LogP contribution in [0.3, 0.4) is 0 Å². The molecule has 0 spiro atoms. The van der Waals surface area contributed by atoms with Gasteiger partial charge in [0.15, 0.2) is 0 Å². The van der Waals surface area contributed by atoms with Crippen molar-refractivity contribution in [2.75, 3.05) is 26.7 Å². The number of hydrogen-bond acceptors (Lipinski definition) is 3. The summed E-state index contributed by atoms with van der Waals surface area (Å²) in [6.07, 6.45) is 2.22. The molecule has 1 saturated heterocycles. The number of benzene rings is 1. The lowest BCUT2D eigenvalue weighted by molar-refractivity contribution is 0.0807. The van der Waals surface area contributed by atoms with Gasteiger partial charge in [-0.15, -0.1) is 0 Å². The molecule has 112 valence electrons. The van der Waals surface area contributed by atoms with Gasteiger partial charge in [-0.25, -0.2) is 8.78 Å². The number of aliphatic hydroxyl groups excluding tert-OH is 1. The number of nitrogens with zero attached hydrogens (tertiary/aromatic N) is 1. The Kier molecular flexibility index (Phi) is 5.46. The minimum Gasteiger partial charge on any atom is -0.393 e. The fraction of sp³-hybridized carbons (Fsp3) is 0.600. The van der Waals surface area contributed by atoms with Crippen LogP contribution in [-0.2, 0) is 0 Å². The maximum atomic E-state index is 13.3. The van der Waals surface area contributed by atoms with Crippen molar-refractivity contribution in [1.29, 1.82) is 0 Å². The molecule has 1 unspecified atom stereocenters. The molecular weight excluding hydrogens is 262 g/mol. The van der Waals surface area contributed by atoms with Gasteiger partial charge in [0.1, 0.15) is 11.6 Å². The topological polar surface area (TPSA) is 35.5 Å². The van der Waals surface area contributed by atoms with E-state index in [1.807, 2.05) is 0 Å². The molecule has 0 aliphatic carbocycles. The van der Waals surface area contributed by atoms with E-state index in [0.717, 1.165) is 45.0 Å². The van der Waals surface area contributed by atoms with Crippen LogP contribution in [0.5, 0.6) is 0 Å². The average molecular weight is 284 g/mol. The Balaban J connectivity index is 1.91. The lowest BCUT2D eigenvalue weighted by Gasteiger charge is -2.30. The van der Waals surface area contributed by atoms with Gasteiger partial charge in [-0.3, -0.25) is 0 Å². The summed E-state index contributed by atoms with van der Waals surface area (Å²) < 4.78 is 26.5. The largest absolute Gasteiger partial charge is 0.393 e. The highest BCUT2D eigenvalue weighted by atomic mass is 19.1. The van der Waals surface area contributed by atoms with E-state index in [-0.39, 0.29) is 12.1 Å². The third-order valence-electron chi connectivity index (χ3n) is 3.93. The Morgan fingerprint density at radius 1 is 1.25 bits per heavy atom. The standard InChI is InChI=1S/C15H22F2N2O/c1-18-15(11-8-12(16)10-13(17)9-11)4-7-19-5-2-14(20)3-6-19/h8-10,14-15,18,20H,2-7H2,1H3. The molecule has 1 aromatic rings. The summed E-state index contributed by atoms with van der Waals surface area (Å²) in [6.45, 7) is 2.63. The summed E-state index contributed by atoms with van der Waals surface area (Å²) >= 11 is 0. The molecule has 1 atom stereocenters. The number of piperidine rings is 1. The Morgan fingerprint density at radius 3 is 2.40 bits per heavy atom. The number of likely N-dealkylation sites (tertiary alicyclic amines) is 1. The van der Waals surface area contributed by atoms with E-state index in [1.165, 1.54) is 12.1 Å². The van der Waals surface area contributed by atoms with Crippen molar-refractivity contribution in [1.82, 2.24) is 10.2 Å². The Labute approximate surface area is 118 Å². The maximum Gasteiger partial charge on any atom is 0.126 e. The molecule has 3 nitrogen and oxygen atoms in total. The molecule has 1 fully saturated rings. The first-order valence-corrected chi connectivity index (χ1v) is 7.12. The van der Waals surface area contributed by atoms with Crippen LogP contribution in [0, 0.1) is 11.6 Å². The van der Waals surface area contributed by atoms with Crippen molar-refractivity contribution in [3.8, 4) is 0 Å². The Morgan fingerprint density at radius 2 is 1.85 bits per heavy atom. The molecule has 0 saturated carbocycles. The second-order valence-corrected chi connectivity index (χ2v) is 5.41. The third kappa shape index (κ3) is 4.23. The SMILES string of the molecule is CNC(CCN1CCC(O)CC1)c1cc(F)cc(F)c1. The van der Waals surface area contributed by atoms with E-state index in [4.69, 9.17) is 0 Å². The fourth-order valence-corrected chi connectivity index (χ4v) is 2.71. The van der Waals surface area contributed by atoms with Gasteiger partial charge in [-0.05, 0) is 50.6 Å². The zero-order valence-corrected chi connectivity index (χ0v) is 11.8. The number of halogens is 2. The first-order chi connectivity index (χ1) is 9.58. The monoisotopic (exact) mass is 284 g/mol. The number of aliphatic hydroxyl groups is 1. The van der Waals surface area contributed by atoms with Crippen molar-refractivity contribution in [2.45, 2.75) is 31.4 Å². The summed E-state index contributed by atoms with van der Waals surface area (Å²) in [5, 5.41) is 12.6. The zero-order valence-electron chi connectivity index (χ0n) is 11.8. The molecule has 1 aliphatic heterocycles. The van der Waals surface area contributed by atoms with Gasteiger partial charge in [-0.2, -0.15) is 0 Å². The summed E-state index contributed by atoms with van der Waals surface area (Å²) in [5.74, 6) is -1.08. The summed E-state index contributed by atoms with van der Waals surface area (Å²) in [6, 6.07) is 3.59. The molecule has 1 aliphatic rings. The smallest absolute Gasteiger partial charge is 0.126 e. The minimum atomic E-state index is -0.540. The molecule has 2 rings (SSSR count). The lowest BCUT2D eigenvalue weighted by atomic mass is 10.0. The fourth-order valence-electron chi connectivity index (χ4n) is 2.71. The third-order valence-corrected chi connectivity index (χ3v) is 3.93. The van der Waals surface area contributed by atoms with Crippen molar-refractivity contribution in [2.24, 2.45) is 0 Å². The van der Waals surface area contributed by atoms with Gasteiger partial charge in [-0.1, -0.05) is 0 Å². The van der Waals surface area contributed by atoms with Crippen molar-refractivity contribution in [3.63, 3.8) is 0 Å². The highest BCUT2D eigenvalue weighted by molar-refractivity contribution is 5.21. The van der Waals surface area contributed by atoms with E-state index >= 15 is 0 Å². The van der Waals surface area contributed by atoms with Crippen LogP contribution in [-0.4, -0.2) is 42.8 Å². The van der Waals surface area contributed by atoms with Crippen molar-refractivity contribution in [3.05, 3.63) is 35.4 Å². The predicted molar refractivity (Wildman–Crippen MR) is 74.5 cm³/mol. The van der Waals surface area contributed by atoms with E-state index < -0.39 is 11.6 Å². The van der Waals surface area contributed by atoms with Crippen LogP contribution in [0.2, 0.25) is 0 Å². The van der Waals surface area contributed by atoms with Gasteiger partial charge >= 0.3 is 0 Å². The molecule has 20 heavy (non-hydrogen) atoms. The van der Waals surface area contributed by atoms with E-state index in [0.29, 0.717) is 5.56 Å². The molecule has 0 aromatic heterocycles. The Bertz CT molecular complexity index is 414. The number of hydrogen-bond donors (Lipinski definition) is 2. The summed E-state index contributed by atoms with van der Waals surface area (Å²) in [4.78, 5) is 2.28. The number of rotatable bonds is 5. The molecule has 0 amide bonds. The van der Waals surface area contributed by atoms with Gasteiger partial charge in [0, 0.05) is 25.2 Å². The van der Waals surface area contributed by atoms with Crippen LogP contribution in [0.25, 0.3) is 0 Å². The second-order valence-electron chi connectivity index (χ2n) is 5.41. The number of nitrogens with one attached hydrogen (secondary N) is 1. The Hall–Kier alpha value is -1.04. The summed E-state index contributed by atoms with van der Waals surface area (Å²) in [5.41, 5.74) is 0.641. The van der Waals surface area contributed by atoms with Gasteiger partial charge in [0.25, 0.3) is 0 Å². The second kappa shape index (κ2) is 7.11. The van der Waals surface area contributed by atoms with Crippen LogP contribution in [0.4, 0.5) is 8.78 Å². The summed E-state index contributed by atoms with van der Waals surface area (Å²) in [7, 11) is 1.80. The molecule has 2 N–H and O–H groups in total.